The molecule has 1 N–H and O–H groups in total. The SMILES string of the molecule is CCNCc1ccc(C)cc1-c1ccc2c(c1)CCCC2. The summed E-state index contributed by atoms with van der Waals surface area (Å²) in [6, 6.07) is 13.9. The van der Waals surface area contributed by atoms with Crippen molar-refractivity contribution in [3.8, 4) is 11.1 Å². The lowest BCUT2D eigenvalue weighted by atomic mass is 9.88. The number of aryl methyl sites for hydroxylation is 3. The zero-order valence-corrected chi connectivity index (χ0v) is 13.2. The van der Waals surface area contributed by atoms with Crippen LogP contribution in [0.4, 0.5) is 0 Å². The summed E-state index contributed by atoms with van der Waals surface area (Å²) in [6.45, 7) is 6.30. The maximum Gasteiger partial charge on any atom is 0.0211 e. The predicted octanol–water partition coefficient (Wildman–Crippen LogP) is 4.65. The van der Waals surface area contributed by atoms with Gasteiger partial charge in [0.05, 0.1) is 0 Å². The molecule has 0 saturated heterocycles. The summed E-state index contributed by atoms with van der Waals surface area (Å²) < 4.78 is 0. The van der Waals surface area contributed by atoms with Crippen molar-refractivity contribution in [2.24, 2.45) is 0 Å². The van der Waals surface area contributed by atoms with E-state index in [-0.39, 0.29) is 0 Å². The number of fused-ring (bicyclic) bond motifs is 1. The van der Waals surface area contributed by atoms with Crippen molar-refractivity contribution in [1.29, 1.82) is 0 Å². The lowest BCUT2D eigenvalue weighted by molar-refractivity contribution is 0.686. The van der Waals surface area contributed by atoms with Crippen LogP contribution in [0.2, 0.25) is 0 Å². The minimum atomic E-state index is 0.948. The van der Waals surface area contributed by atoms with Crippen LogP contribution in [0.15, 0.2) is 36.4 Å². The summed E-state index contributed by atoms with van der Waals surface area (Å²) in [5.74, 6) is 0. The van der Waals surface area contributed by atoms with Crippen molar-refractivity contribution in [3.63, 3.8) is 0 Å². The van der Waals surface area contributed by atoms with Gasteiger partial charge in [0.25, 0.3) is 0 Å². The molecule has 0 bridgehead atoms. The van der Waals surface area contributed by atoms with E-state index in [1.807, 2.05) is 0 Å². The van der Waals surface area contributed by atoms with Crippen LogP contribution in [0, 0.1) is 6.92 Å². The first-order valence-electron chi connectivity index (χ1n) is 8.20. The van der Waals surface area contributed by atoms with E-state index in [1.54, 1.807) is 11.1 Å². The predicted molar refractivity (Wildman–Crippen MR) is 90.6 cm³/mol. The third kappa shape index (κ3) is 3.19. The highest BCUT2D eigenvalue weighted by molar-refractivity contribution is 5.69. The van der Waals surface area contributed by atoms with E-state index in [0.29, 0.717) is 0 Å². The number of benzene rings is 2. The summed E-state index contributed by atoms with van der Waals surface area (Å²) in [5, 5.41) is 3.46. The van der Waals surface area contributed by atoms with E-state index < -0.39 is 0 Å². The largest absolute Gasteiger partial charge is 0.313 e. The van der Waals surface area contributed by atoms with Crippen LogP contribution in [0.1, 0.15) is 42.0 Å². The summed E-state index contributed by atoms with van der Waals surface area (Å²) in [7, 11) is 0. The Bertz CT molecular complexity index is 628. The molecule has 1 nitrogen and oxygen atoms in total. The van der Waals surface area contributed by atoms with E-state index in [2.05, 4.69) is 55.6 Å². The van der Waals surface area contributed by atoms with E-state index >= 15 is 0 Å². The maximum atomic E-state index is 3.46. The molecule has 0 heterocycles. The van der Waals surface area contributed by atoms with E-state index in [9.17, 15) is 0 Å². The molecule has 0 aliphatic heterocycles. The molecular weight excluding hydrogens is 254 g/mol. The first-order chi connectivity index (χ1) is 10.3. The van der Waals surface area contributed by atoms with Gasteiger partial charge >= 0.3 is 0 Å². The van der Waals surface area contributed by atoms with Gasteiger partial charge in [0.15, 0.2) is 0 Å². The number of hydrogen-bond acceptors (Lipinski definition) is 1. The number of hydrogen-bond donors (Lipinski definition) is 1. The second kappa shape index (κ2) is 6.44. The Balaban J connectivity index is 2.00. The highest BCUT2D eigenvalue weighted by Crippen LogP contribution is 2.30. The zero-order chi connectivity index (χ0) is 14.7. The average molecular weight is 279 g/mol. The standard InChI is InChI=1S/C20H25N/c1-3-21-14-19-9-8-15(2)12-20(19)18-11-10-16-6-4-5-7-17(16)13-18/h8-13,21H,3-7,14H2,1-2H3. The highest BCUT2D eigenvalue weighted by Gasteiger charge is 2.12. The van der Waals surface area contributed by atoms with Crippen molar-refractivity contribution in [1.82, 2.24) is 5.32 Å². The van der Waals surface area contributed by atoms with E-state index in [1.165, 1.54) is 47.9 Å². The van der Waals surface area contributed by atoms with Crippen molar-refractivity contribution in [2.45, 2.75) is 46.1 Å². The lowest BCUT2D eigenvalue weighted by Crippen LogP contribution is -2.12. The first-order valence-corrected chi connectivity index (χ1v) is 8.20. The molecule has 0 atom stereocenters. The Morgan fingerprint density at radius 2 is 1.76 bits per heavy atom. The monoisotopic (exact) mass is 279 g/mol. The molecule has 1 aliphatic rings. The molecule has 0 amide bonds. The maximum absolute atomic E-state index is 3.46. The van der Waals surface area contributed by atoms with Crippen molar-refractivity contribution >= 4 is 0 Å². The normalized spacial score (nSPS) is 14.0. The molecule has 2 aromatic rings. The van der Waals surface area contributed by atoms with Crippen molar-refractivity contribution in [2.75, 3.05) is 6.54 Å². The van der Waals surface area contributed by atoms with Gasteiger partial charge in [-0.1, -0.05) is 48.9 Å². The Labute approximate surface area is 128 Å². The van der Waals surface area contributed by atoms with Crippen LogP contribution in [-0.2, 0) is 19.4 Å². The Morgan fingerprint density at radius 3 is 2.57 bits per heavy atom. The molecule has 3 rings (SSSR count). The molecule has 0 aromatic heterocycles. The van der Waals surface area contributed by atoms with Crippen LogP contribution in [-0.4, -0.2) is 6.54 Å². The molecule has 2 aromatic carbocycles. The molecule has 0 fully saturated rings. The fraction of sp³-hybridized carbons (Fsp3) is 0.400. The summed E-state index contributed by atoms with van der Waals surface area (Å²) >= 11 is 0. The van der Waals surface area contributed by atoms with Crippen LogP contribution < -0.4 is 5.32 Å². The second-order valence-corrected chi connectivity index (χ2v) is 6.13. The topological polar surface area (TPSA) is 12.0 Å². The van der Waals surface area contributed by atoms with Gasteiger partial charge in [0.2, 0.25) is 0 Å². The zero-order valence-electron chi connectivity index (χ0n) is 13.2. The molecule has 0 saturated carbocycles. The highest BCUT2D eigenvalue weighted by atomic mass is 14.8. The van der Waals surface area contributed by atoms with Crippen LogP contribution in [0.25, 0.3) is 11.1 Å². The second-order valence-electron chi connectivity index (χ2n) is 6.13. The van der Waals surface area contributed by atoms with Crippen molar-refractivity contribution in [3.05, 3.63) is 58.7 Å². The summed E-state index contributed by atoms with van der Waals surface area (Å²) in [4.78, 5) is 0. The number of rotatable bonds is 4. The quantitative estimate of drug-likeness (QED) is 0.859. The number of nitrogens with one attached hydrogen (secondary N) is 1. The minimum Gasteiger partial charge on any atom is -0.313 e. The minimum absolute atomic E-state index is 0.948. The van der Waals surface area contributed by atoms with Gasteiger partial charge in [-0.15, -0.1) is 0 Å². The summed E-state index contributed by atoms with van der Waals surface area (Å²) in [5.41, 5.74) is 8.64. The fourth-order valence-electron chi connectivity index (χ4n) is 3.27. The van der Waals surface area contributed by atoms with Gasteiger partial charge in [0, 0.05) is 6.54 Å². The third-order valence-electron chi connectivity index (χ3n) is 4.49. The van der Waals surface area contributed by atoms with Crippen molar-refractivity contribution < 1.29 is 0 Å². The molecule has 0 radical (unpaired) electrons. The van der Waals surface area contributed by atoms with Crippen LogP contribution in [0.5, 0.6) is 0 Å². The fourth-order valence-corrected chi connectivity index (χ4v) is 3.27. The van der Waals surface area contributed by atoms with Gasteiger partial charge in [-0.3, -0.25) is 0 Å². The molecule has 21 heavy (non-hydrogen) atoms. The van der Waals surface area contributed by atoms with Gasteiger partial charge in [-0.2, -0.15) is 0 Å². The van der Waals surface area contributed by atoms with Gasteiger partial charge in [-0.05, 0) is 67.0 Å². The van der Waals surface area contributed by atoms with E-state index in [0.717, 1.165) is 13.1 Å². The third-order valence-corrected chi connectivity index (χ3v) is 4.49. The van der Waals surface area contributed by atoms with Gasteiger partial charge in [-0.25, -0.2) is 0 Å². The smallest absolute Gasteiger partial charge is 0.0211 e. The Morgan fingerprint density at radius 1 is 0.952 bits per heavy atom. The Hall–Kier alpha value is -1.60. The van der Waals surface area contributed by atoms with Gasteiger partial charge < -0.3 is 5.32 Å². The Kier molecular flexibility index (Phi) is 4.40. The molecule has 1 aliphatic carbocycles. The van der Waals surface area contributed by atoms with Crippen LogP contribution >= 0.6 is 0 Å². The molecule has 1 heteroatoms. The first kappa shape index (κ1) is 14.3. The molecule has 0 spiro atoms. The van der Waals surface area contributed by atoms with Crippen LogP contribution in [0.3, 0.4) is 0 Å². The summed E-state index contributed by atoms with van der Waals surface area (Å²) in [6.07, 6.45) is 5.20. The molecular formula is C20H25N. The van der Waals surface area contributed by atoms with Gasteiger partial charge in [0.1, 0.15) is 0 Å². The molecule has 110 valence electrons. The lowest BCUT2D eigenvalue weighted by Gasteiger charge is -2.18. The molecule has 0 unspecified atom stereocenters. The average Bonchev–Trinajstić information content (AvgIpc) is 2.53. The van der Waals surface area contributed by atoms with E-state index in [4.69, 9.17) is 0 Å².